The highest BCUT2D eigenvalue weighted by atomic mass is 19.1. The lowest BCUT2D eigenvalue weighted by atomic mass is 9.95. The van der Waals surface area contributed by atoms with E-state index in [1.54, 1.807) is 27.7 Å². The van der Waals surface area contributed by atoms with Crippen LogP contribution >= 0.6 is 0 Å². The Labute approximate surface area is 201 Å². The van der Waals surface area contributed by atoms with Crippen molar-refractivity contribution in [1.29, 1.82) is 0 Å². The third-order valence-electron chi connectivity index (χ3n) is 5.61. The summed E-state index contributed by atoms with van der Waals surface area (Å²) in [6, 6.07) is 9.99. The molecule has 2 aromatic carbocycles. The van der Waals surface area contributed by atoms with Gasteiger partial charge in [-0.15, -0.1) is 0 Å². The first-order chi connectivity index (χ1) is 16.5. The third kappa shape index (κ3) is 4.68. The number of halogens is 1. The molecular weight excluding hydrogens is 451 g/mol. The Kier molecular flexibility index (Phi) is 5.98. The Bertz CT molecular complexity index is 1470. The predicted octanol–water partition coefficient (Wildman–Crippen LogP) is 5.72. The second-order valence-corrected chi connectivity index (χ2v) is 9.33. The quantitative estimate of drug-likeness (QED) is 0.281. The number of carbonyl (C=O) groups is 1. The fraction of sp³-hybridized carbons (Fsp3) is 0.240. The number of anilines is 3. The summed E-state index contributed by atoms with van der Waals surface area (Å²) in [5, 5.41) is 18.0. The minimum absolute atomic E-state index is 0.144. The molecule has 0 aliphatic carbocycles. The Morgan fingerprint density at radius 3 is 2.57 bits per heavy atom. The SMILES string of the molecule is Cc1cc(F)c([N+](=O)[O-])cc1Nc1ncc(NC(=O)C(C)(C)C)c(-c2cn(C)c3ccccc23)n1. The van der Waals surface area contributed by atoms with Gasteiger partial charge in [0.25, 0.3) is 0 Å². The van der Waals surface area contributed by atoms with Crippen LogP contribution in [-0.4, -0.2) is 25.4 Å². The van der Waals surface area contributed by atoms with Gasteiger partial charge in [-0.3, -0.25) is 14.9 Å². The number of nitro benzene ring substituents is 1. The first kappa shape index (κ1) is 23.8. The van der Waals surface area contributed by atoms with Gasteiger partial charge in [0.15, 0.2) is 0 Å². The van der Waals surface area contributed by atoms with Gasteiger partial charge < -0.3 is 15.2 Å². The van der Waals surface area contributed by atoms with Crippen molar-refractivity contribution in [2.75, 3.05) is 10.6 Å². The minimum Gasteiger partial charge on any atom is -0.350 e. The molecule has 10 heteroatoms. The molecule has 0 radical (unpaired) electrons. The van der Waals surface area contributed by atoms with Crippen molar-refractivity contribution in [2.24, 2.45) is 12.5 Å². The van der Waals surface area contributed by atoms with Crippen LogP contribution in [0.3, 0.4) is 0 Å². The van der Waals surface area contributed by atoms with Gasteiger partial charge in [-0.1, -0.05) is 39.0 Å². The smallest absolute Gasteiger partial charge is 0.306 e. The van der Waals surface area contributed by atoms with Gasteiger partial charge in [0, 0.05) is 41.2 Å². The van der Waals surface area contributed by atoms with E-state index in [2.05, 4.69) is 20.6 Å². The Hall–Kier alpha value is -4.34. The average molecular weight is 477 g/mol. The number of nitro groups is 1. The number of fused-ring (bicyclic) bond motifs is 1. The van der Waals surface area contributed by atoms with Crippen LogP contribution in [0.4, 0.5) is 27.4 Å². The molecule has 4 aromatic rings. The van der Waals surface area contributed by atoms with Crippen molar-refractivity contribution in [3.8, 4) is 11.3 Å². The van der Waals surface area contributed by atoms with Crippen LogP contribution in [-0.2, 0) is 11.8 Å². The maximum atomic E-state index is 14.0. The standard InChI is InChI=1S/C25H25FN6O3/c1-14-10-17(26)21(32(34)35)11-18(14)29-24-27-12-19(28-23(33)25(2,3)4)22(30-24)16-13-31(5)20-9-7-6-8-15(16)20/h6-13H,1-5H3,(H,28,33)(H,27,29,30). The van der Waals surface area contributed by atoms with E-state index in [-0.39, 0.29) is 11.9 Å². The molecule has 4 rings (SSSR count). The van der Waals surface area contributed by atoms with E-state index in [0.29, 0.717) is 22.6 Å². The van der Waals surface area contributed by atoms with Crippen LogP contribution in [0.15, 0.2) is 48.8 Å². The highest BCUT2D eigenvalue weighted by Crippen LogP contribution is 2.35. The van der Waals surface area contributed by atoms with Gasteiger partial charge in [0.1, 0.15) is 5.69 Å². The van der Waals surface area contributed by atoms with E-state index in [4.69, 9.17) is 0 Å². The Morgan fingerprint density at radius 2 is 1.89 bits per heavy atom. The molecule has 35 heavy (non-hydrogen) atoms. The van der Waals surface area contributed by atoms with Crippen LogP contribution in [0.2, 0.25) is 0 Å². The number of rotatable bonds is 5. The second kappa shape index (κ2) is 8.79. The van der Waals surface area contributed by atoms with Crippen molar-refractivity contribution >= 4 is 39.8 Å². The number of benzene rings is 2. The van der Waals surface area contributed by atoms with Crippen molar-refractivity contribution in [2.45, 2.75) is 27.7 Å². The third-order valence-corrected chi connectivity index (χ3v) is 5.61. The van der Waals surface area contributed by atoms with Gasteiger partial charge in [-0.05, 0) is 24.6 Å². The van der Waals surface area contributed by atoms with Crippen molar-refractivity contribution < 1.29 is 14.1 Å². The molecule has 0 unspecified atom stereocenters. The Balaban J connectivity index is 1.84. The number of amides is 1. The molecule has 1 amide bonds. The summed E-state index contributed by atoms with van der Waals surface area (Å²) in [5.41, 5.74) is 2.12. The van der Waals surface area contributed by atoms with Crippen molar-refractivity contribution in [1.82, 2.24) is 14.5 Å². The zero-order valence-electron chi connectivity index (χ0n) is 20.0. The highest BCUT2D eigenvalue weighted by Gasteiger charge is 2.24. The lowest BCUT2D eigenvalue weighted by Gasteiger charge is -2.19. The van der Waals surface area contributed by atoms with E-state index in [0.717, 1.165) is 28.6 Å². The summed E-state index contributed by atoms with van der Waals surface area (Å²) in [6.45, 7) is 7.04. The molecule has 2 heterocycles. The molecule has 180 valence electrons. The minimum atomic E-state index is -0.921. The second-order valence-electron chi connectivity index (χ2n) is 9.33. The summed E-state index contributed by atoms with van der Waals surface area (Å²) < 4.78 is 15.9. The largest absolute Gasteiger partial charge is 0.350 e. The van der Waals surface area contributed by atoms with Gasteiger partial charge in [0.2, 0.25) is 17.7 Å². The predicted molar refractivity (Wildman–Crippen MR) is 133 cm³/mol. The molecular formula is C25H25FN6O3. The van der Waals surface area contributed by atoms with Crippen molar-refractivity contribution in [3.05, 3.63) is 70.3 Å². The molecule has 0 aliphatic rings. The monoisotopic (exact) mass is 476 g/mol. The molecule has 0 bridgehead atoms. The number of carbonyl (C=O) groups excluding carboxylic acids is 1. The fourth-order valence-corrected chi connectivity index (χ4v) is 3.64. The first-order valence-electron chi connectivity index (χ1n) is 10.9. The average Bonchev–Trinajstić information content (AvgIpc) is 3.12. The highest BCUT2D eigenvalue weighted by molar-refractivity contribution is 6.02. The zero-order valence-corrected chi connectivity index (χ0v) is 20.0. The van der Waals surface area contributed by atoms with E-state index >= 15 is 0 Å². The van der Waals surface area contributed by atoms with Gasteiger partial charge in [-0.2, -0.15) is 4.39 Å². The van der Waals surface area contributed by atoms with E-state index < -0.39 is 21.8 Å². The normalized spacial score (nSPS) is 11.5. The van der Waals surface area contributed by atoms with E-state index in [1.165, 1.54) is 6.20 Å². The lowest BCUT2D eigenvalue weighted by molar-refractivity contribution is -0.387. The van der Waals surface area contributed by atoms with Gasteiger partial charge in [0.05, 0.1) is 22.5 Å². The summed E-state index contributed by atoms with van der Waals surface area (Å²) in [7, 11) is 1.92. The maximum Gasteiger partial charge on any atom is 0.306 e. The number of hydrogen-bond acceptors (Lipinski definition) is 6. The van der Waals surface area contributed by atoms with Crippen LogP contribution in [0.25, 0.3) is 22.2 Å². The Morgan fingerprint density at radius 1 is 1.17 bits per heavy atom. The molecule has 0 saturated heterocycles. The molecule has 0 atom stereocenters. The summed E-state index contributed by atoms with van der Waals surface area (Å²) in [5.74, 6) is -0.977. The van der Waals surface area contributed by atoms with Crippen LogP contribution in [0, 0.1) is 28.3 Å². The number of hydrogen-bond donors (Lipinski definition) is 2. The number of aromatic nitrogens is 3. The summed E-state index contributed by atoms with van der Waals surface area (Å²) >= 11 is 0. The molecule has 0 spiro atoms. The molecule has 9 nitrogen and oxygen atoms in total. The molecule has 2 N–H and O–H groups in total. The first-order valence-corrected chi connectivity index (χ1v) is 10.9. The topological polar surface area (TPSA) is 115 Å². The summed E-state index contributed by atoms with van der Waals surface area (Å²) in [6.07, 6.45) is 3.40. The molecule has 0 aliphatic heterocycles. The van der Waals surface area contributed by atoms with E-state index in [9.17, 15) is 19.3 Å². The fourth-order valence-electron chi connectivity index (χ4n) is 3.64. The van der Waals surface area contributed by atoms with Crippen LogP contribution in [0.1, 0.15) is 26.3 Å². The van der Waals surface area contributed by atoms with Crippen LogP contribution in [0.5, 0.6) is 0 Å². The zero-order chi connectivity index (χ0) is 25.5. The van der Waals surface area contributed by atoms with E-state index in [1.807, 2.05) is 42.1 Å². The van der Waals surface area contributed by atoms with Crippen molar-refractivity contribution in [3.63, 3.8) is 0 Å². The van der Waals surface area contributed by atoms with Gasteiger partial charge >= 0.3 is 5.69 Å². The molecule has 2 aromatic heterocycles. The molecule has 0 saturated carbocycles. The number of nitrogens with zero attached hydrogens (tertiary/aromatic N) is 4. The lowest BCUT2D eigenvalue weighted by Crippen LogP contribution is -2.28. The maximum absolute atomic E-state index is 14.0. The number of aryl methyl sites for hydroxylation is 2. The summed E-state index contributed by atoms with van der Waals surface area (Å²) in [4.78, 5) is 32.1. The number of para-hydroxylation sites is 1. The van der Waals surface area contributed by atoms with Gasteiger partial charge in [-0.25, -0.2) is 9.97 Å². The van der Waals surface area contributed by atoms with Crippen LogP contribution < -0.4 is 10.6 Å². The molecule has 0 fully saturated rings. The number of nitrogens with one attached hydrogen (secondary N) is 2.